The van der Waals surface area contributed by atoms with Crippen LogP contribution in [0.15, 0.2) is 24.3 Å². The average molecular weight is 223 g/mol. The third-order valence-corrected chi connectivity index (χ3v) is 2.24. The second-order valence-electron chi connectivity index (χ2n) is 2.86. The van der Waals surface area contributed by atoms with Gasteiger partial charge < -0.3 is 5.73 Å². The Morgan fingerprint density at radius 2 is 2.07 bits per heavy atom. The molecule has 6 heteroatoms. The summed E-state index contributed by atoms with van der Waals surface area (Å²) in [5.74, 6) is -0.640. The molecule has 0 saturated carbocycles. The van der Waals surface area contributed by atoms with E-state index in [1.54, 1.807) is 24.3 Å². The predicted molar refractivity (Wildman–Crippen MR) is 55.3 cm³/mol. The Labute approximate surface area is 90.2 Å². The average Bonchev–Trinajstić information content (AvgIpc) is 2.67. The van der Waals surface area contributed by atoms with E-state index in [-0.39, 0.29) is 5.69 Å². The second kappa shape index (κ2) is 3.70. The number of carbonyl (C=O) groups is 1. The monoisotopic (exact) mass is 222 g/mol. The number of rotatable bonds is 2. The van der Waals surface area contributed by atoms with Crippen LogP contribution in [0.25, 0.3) is 11.3 Å². The largest absolute Gasteiger partial charge is 0.364 e. The molecule has 1 heterocycles. The summed E-state index contributed by atoms with van der Waals surface area (Å²) in [5, 5.41) is 10.4. The van der Waals surface area contributed by atoms with Crippen molar-refractivity contribution in [2.75, 3.05) is 0 Å². The summed E-state index contributed by atoms with van der Waals surface area (Å²) >= 11 is 5.96. The fourth-order valence-corrected chi connectivity index (χ4v) is 1.47. The van der Waals surface area contributed by atoms with Crippen molar-refractivity contribution in [1.82, 2.24) is 15.4 Å². The number of amides is 1. The van der Waals surface area contributed by atoms with E-state index in [9.17, 15) is 4.79 Å². The Hall–Kier alpha value is -1.88. The maximum Gasteiger partial charge on any atom is 0.271 e. The molecule has 0 atom stereocenters. The van der Waals surface area contributed by atoms with E-state index in [0.717, 1.165) is 0 Å². The Balaban J connectivity index is 2.59. The first-order chi connectivity index (χ1) is 7.20. The van der Waals surface area contributed by atoms with Gasteiger partial charge in [0, 0.05) is 5.56 Å². The summed E-state index contributed by atoms with van der Waals surface area (Å²) in [4.78, 5) is 11.0. The Morgan fingerprint density at radius 3 is 2.73 bits per heavy atom. The molecule has 76 valence electrons. The van der Waals surface area contributed by atoms with Crippen LogP contribution in [0.1, 0.15) is 10.5 Å². The highest BCUT2D eigenvalue weighted by atomic mass is 35.5. The molecule has 2 rings (SSSR count). The summed E-state index contributed by atoms with van der Waals surface area (Å²) < 4.78 is 0. The number of carbonyl (C=O) groups excluding carboxylic acids is 1. The number of primary amides is 1. The zero-order chi connectivity index (χ0) is 10.8. The SMILES string of the molecule is NC(=O)c1n[nH]nc1-c1ccccc1Cl. The van der Waals surface area contributed by atoms with E-state index in [2.05, 4.69) is 15.4 Å². The molecular formula is C9H7ClN4O. The van der Waals surface area contributed by atoms with Crippen molar-refractivity contribution in [3.05, 3.63) is 35.0 Å². The van der Waals surface area contributed by atoms with Crippen molar-refractivity contribution in [1.29, 1.82) is 0 Å². The third kappa shape index (κ3) is 1.69. The summed E-state index contributed by atoms with van der Waals surface area (Å²) in [6.07, 6.45) is 0. The summed E-state index contributed by atoms with van der Waals surface area (Å²) in [6, 6.07) is 7.03. The van der Waals surface area contributed by atoms with Crippen LogP contribution in [0.3, 0.4) is 0 Å². The topological polar surface area (TPSA) is 84.7 Å². The van der Waals surface area contributed by atoms with Crippen molar-refractivity contribution in [3.8, 4) is 11.3 Å². The van der Waals surface area contributed by atoms with Crippen LogP contribution in [0.5, 0.6) is 0 Å². The van der Waals surface area contributed by atoms with Crippen LogP contribution in [-0.4, -0.2) is 21.3 Å². The fraction of sp³-hybridized carbons (Fsp3) is 0. The molecule has 0 radical (unpaired) electrons. The van der Waals surface area contributed by atoms with Gasteiger partial charge in [-0.15, -0.1) is 0 Å². The van der Waals surface area contributed by atoms with Gasteiger partial charge in [0.1, 0.15) is 5.69 Å². The second-order valence-corrected chi connectivity index (χ2v) is 3.27. The van der Waals surface area contributed by atoms with Gasteiger partial charge in [-0.2, -0.15) is 15.4 Å². The molecule has 15 heavy (non-hydrogen) atoms. The van der Waals surface area contributed by atoms with E-state index in [4.69, 9.17) is 17.3 Å². The van der Waals surface area contributed by atoms with Crippen molar-refractivity contribution in [2.24, 2.45) is 5.73 Å². The summed E-state index contributed by atoms with van der Waals surface area (Å²) in [7, 11) is 0. The Morgan fingerprint density at radius 1 is 1.33 bits per heavy atom. The van der Waals surface area contributed by atoms with Crippen molar-refractivity contribution >= 4 is 17.5 Å². The fourth-order valence-electron chi connectivity index (χ4n) is 1.24. The highest BCUT2D eigenvalue weighted by Gasteiger charge is 2.16. The molecule has 0 saturated heterocycles. The van der Waals surface area contributed by atoms with Crippen LogP contribution in [0, 0.1) is 0 Å². The number of aromatic amines is 1. The van der Waals surface area contributed by atoms with Crippen LogP contribution in [-0.2, 0) is 0 Å². The molecule has 1 aromatic heterocycles. The van der Waals surface area contributed by atoms with Gasteiger partial charge in [0.15, 0.2) is 5.69 Å². The zero-order valence-corrected chi connectivity index (χ0v) is 8.32. The molecule has 0 spiro atoms. The number of hydrogen-bond donors (Lipinski definition) is 2. The smallest absolute Gasteiger partial charge is 0.271 e. The third-order valence-electron chi connectivity index (χ3n) is 1.91. The quantitative estimate of drug-likeness (QED) is 0.801. The molecule has 0 unspecified atom stereocenters. The highest BCUT2D eigenvalue weighted by Crippen LogP contribution is 2.27. The van der Waals surface area contributed by atoms with Crippen LogP contribution in [0.4, 0.5) is 0 Å². The number of aromatic nitrogens is 3. The number of nitrogens with zero attached hydrogens (tertiary/aromatic N) is 2. The van der Waals surface area contributed by atoms with Gasteiger partial charge in [0.25, 0.3) is 5.91 Å². The minimum absolute atomic E-state index is 0.0862. The van der Waals surface area contributed by atoms with Gasteiger partial charge in [0.2, 0.25) is 0 Å². The first-order valence-corrected chi connectivity index (χ1v) is 4.53. The van der Waals surface area contributed by atoms with Gasteiger partial charge in [-0.05, 0) is 6.07 Å². The van der Waals surface area contributed by atoms with Crippen molar-refractivity contribution in [2.45, 2.75) is 0 Å². The van der Waals surface area contributed by atoms with Crippen molar-refractivity contribution in [3.63, 3.8) is 0 Å². The normalized spacial score (nSPS) is 10.2. The first-order valence-electron chi connectivity index (χ1n) is 4.15. The standard InChI is InChI=1S/C9H7ClN4O/c10-6-4-2-1-3-5(6)7-8(9(11)15)13-14-12-7/h1-4H,(H2,11,15)(H,12,13,14). The number of halogens is 1. The van der Waals surface area contributed by atoms with Gasteiger partial charge in [-0.1, -0.05) is 29.8 Å². The summed E-state index contributed by atoms with van der Waals surface area (Å²) in [6.45, 7) is 0. The number of benzene rings is 1. The molecule has 0 bridgehead atoms. The van der Waals surface area contributed by atoms with E-state index in [1.807, 2.05) is 0 Å². The Bertz CT molecular complexity index is 508. The zero-order valence-electron chi connectivity index (χ0n) is 7.57. The lowest BCUT2D eigenvalue weighted by Gasteiger charge is -1.99. The molecule has 1 aromatic carbocycles. The molecule has 0 aliphatic heterocycles. The highest BCUT2D eigenvalue weighted by molar-refractivity contribution is 6.33. The molecule has 5 nitrogen and oxygen atoms in total. The van der Waals surface area contributed by atoms with Gasteiger partial charge >= 0.3 is 0 Å². The molecule has 0 fully saturated rings. The number of nitrogens with one attached hydrogen (secondary N) is 1. The minimum atomic E-state index is -0.640. The molecule has 2 aromatic rings. The van der Waals surface area contributed by atoms with Crippen LogP contribution < -0.4 is 5.73 Å². The molecule has 3 N–H and O–H groups in total. The van der Waals surface area contributed by atoms with Gasteiger partial charge in [-0.3, -0.25) is 4.79 Å². The van der Waals surface area contributed by atoms with Gasteiger partial charge in [0.05, 0.1) is 5.02 Å². The van der Waals surface area contributed by atoms with E-state index in [0.29, 0.717) is 16.3 Å². The number of hydrogen-bond acceptors (Lipinski definition) is 3. The lowest BCUT2D eigenvalue weighted by molar-refractivity contribution is 0.0996. The first kappa shape index (κ1) is 9.67. The maximum atomic E-state index is 11.0. The van der Waals surface area contributed by atoms with Crippen LogP contribution in [0.2, 0.25) is 5.02 Å². The molecule has 1 amide bonds. The predicted octanol–water partition coefficient (Wildman–Crippen LogP) is 1.22. The van der Waals surface area contributed by atoms with Gasteiger partial charge in [-0.25, -0.2) is 0 Å². The Kier molecular flexibility index (Phi) is 2.39. The molecular weight excluding hydrogens is 216 g/mol. The number of H-pyrrole nitrogens is 1. The van der Waals surface area contributed by atoms with Crippen molar-refractivity contribution < 1.29 is 4.79 Å². The van der Waals surface area contributed by atoms with E-state index < -0.39 is 5.91 Å². The number of nitrogens with two attached hydrogens (primary N) is 1. The molecule has 0 aliphatic carbocycles. The molecule has 0 aliphatic rings. The van der Waals surface area contributed by atoms with Crippen LogP contribution >= 0.6 is 11.6 Å². The minimum Gasteiger partial charge on any atom is -0.364 e. The maximum absolute atomic E-state index is 11.0. The lowest BCUT2D eigenvalue weighted by atomic mass is 10.1. The lowest BCUT2D eigenvalue weighted by Crippen LogP contribution is -2.12. The van der Waals surface area contributed by atoms with E-state index >= 15 is 0 Å². The summed E-state index contributed by atoms with van der Waals surface area (Å²) in [5.41, 5.74) is 6.22. The van der Waals surface area contributed by atoms with E-state index in [1.165, 1.54) is 0 Å².